The quantitative estimate of drug-likeness (QED) is 0.536. The minimum Gasteiger partial charge on any atom is -0.507 e. The van der Waals surface area contributed by atoms with E-state index in [1.807, 2.05) is 79.7 Å². The van der Waals surface area contributed by atoms with E-state index < -0.39 is 12.1 Å². The van der Waals surface area contributed by atoms with Crippen LogP contribution in [-0.2, 0) is 5.41 Å². The van der Waals surface area contributed by atoms with Crippen LogP contribution in [0, 0.1) is 6.92 Å². The van der Waals surface area contributed by atoms with Crippen LogP contribution in [0.3, 0.4) is 0 Å². The molecule has 0 spiro atoms. The lowest BCUT2D eigenvalue weighted by atomic mass is 9.84. The van der Waals surface area contributed by atoms with Gasteiger partial charge in [0, 0.05) is 17.3 Å². The minimum atomic E-state index is -0.788. The first-order chi connectivity index (χ1) is 13.8. The first kappa shape index (κ1) is 20.8. The van der Waals surface area contributed by atoms with E-state index in [1.165, 1.54) is 0 Å². The Morgan fingerprint density at radius 3 is 1.97 bits per heavy atom. The number of hydrogen-bond donors (Lipinski definition) is 2. The fourth-order valence-electron chi connectivity index (χ4n) is 3.47. The molecule has 2 atom stereocenters. The SMILES string of the molecule is Cc1cc(C=N[C@@H](c2ccccc2)[C@H](O)c2ccccc2)c(O)c(C(C)(C)C)c1. The van der Waals surface area contributed by atoms with Crippen molar-refractivity contribution in [2.75, 3.05) is 0 Å². The molecular weight excluding hydrogens is 358 g/mol. The first-order valence-electron chi connectivity index (χ1n) is 9.92. The zero-order valence-electron chi connectivity index (χ0n) is 17.5. The van der Waals surface area contributed by atoms with E-state index in [0.29, 0.717) is 5.56 Å². The molecule has 3 nitrogen and oxygen atoms in total. The van der Waals surface area contributed by atoms with Gasteiger partial charge in [-0.3, -0.25) is 4.99 Å². The minimum absolute atomic E-state index is 0.179. The molecule has 3 aromatic carbocycles. The molecule has 0 fully saturated rings. The molecule has 0 saturated carbocycles. The highest BCUT2D eigenvalue weighted by atomic mass is 16.3. The predicted molar refractivity (Wildman–Crippen MR) is 120 cm³/mol. The van der Waals surface area contributed by atoms with Crippen LogP contribution in [-0.4, -0.2) is 16.4 Å². The zero-order chi connectivity index (χ0) is 21.0. The normalized spacial score (nSPS) is 14.1. The Morgan fingerprint density at radius 1 is 0.862 bits per heavy atom. The molecule has 150 valence electrons. The molecule has 0 heterocycles. The molecule has 0 saturated heterocycles. The number of benzene rings is 3. The number of aliphatic hydroxyl groups is 1. The van der Waals surface area contributed by atoms with Crippen molar-refractivity contribution >= 4 is 6.21 Å². The molecule has 0 amide bonds. The third-order valence-electron chi connectivity index (χ3n) is 5.05. The molecule has 3 rings (SSSR count). The van der Waals surface area contributed by atoms with Crippen LogP contribution < -0.4 is 0 Å². The first-order valence-corrected chi connectivity index (χ1v) is 9.92. The Labute approximate surface area is 173 Å². The van der Waals surface area contributed by atoms with E-state index in [4.69, 9.17) is 4.99 Å². The molecule has 0 bridgehead atoms. The molecule has 29 heavy (non-hydrogen) atoms. The smallest absolute Gasteiger partial charge is 0.128 e. The number of hydrogen-bond acceptors (Lipinski definition) is 3. The second kappa shape index (κ2) is 8.62. The number of aromatic hydroxyl groups is 1. The van der Waals surface area contributed by atoms with Crippen molar-refractivity contribution in [3.05, 3.63) is 101 Å². The third-order valence-corrected chi connectivity index (χ3v) is 5.05. The van der Waals surface area contributed by atoms with Gasteiger partial charge in [-0.2, -0.15) is 0 Å². The second-order valence-electron chi connectivity index (χ2n) is 8.49. The molecule has 0 aliphatic carbocycles. The van der Waals surface area contributed by atoms with Crippen molar-refractivity contribution < 1.29 is 10.2 Å². The van der Waals surface area contributed by atoms with Gasteiger partial charge < -0.3 is 10.2 Å². The van der Waals surface area contributed by atoms with Gasteiger partial charge in [0.05, 0.1) is 0 Å². The van der Waals surface area contributed by atoms with Gasteiger partial charge in [0.15, 0.2) is 0 Å². The summed E-state index contributed by atoms with van der Waals surface area (Å²) in [5.41, 5.74) is 4.16. The molecule has 3 heteroatoms. The fourth-order valence-corrected chi connectivity index (χ4v) is 3.47. The Balaban J connectivity index is 2.03. The van der Waals surface area contributed by atoms with Crippen molar-refractivity contribution in [3.8, 4) is 5.75 Å². The summed E-state index contributed by atoms with van der Waals surface area (Å²) in [6, 6.07) is 22.8. The number of nitrogens with zero attached hydrogens (tertiary/aromatic N) is 1. The summed E-state index contributed by atoms with van der Waals surface area (Å²) in [5, 5.41) is 21.9. The lowest BCUT2D eigenvalue weighted by Gasteiger charge is -2.23. The molecule has 0 radical (unpaired) electrons. The summed E-state index contributed by atoms with van der Waals surface area (Å²) in [6.45, 7) is 8.25. The maximum Gasteiger partial charge on any atom is 0.128 e. The van der Waals surface area contributed by atoms with E-state index in [9.17, 15) is 10.2 Å². The van der Waals surface area contributed by atoms with E-state index in [-0.39, 0.29) is 11.2 Å². The van der Waals surface area contributed by atoms with Crippen LogP contribution in [0.5, 0.6) is 5.75 Å². The van der Waals surface area contributed by atoms with Gasteiger partial charge in [0.2, 0.25) is 0 Å². The summed E-state index contributed by atoms with van der Waals surface area (Å²) in [4.78, 5) is 4.73. The van der Waals surface area contributed by atoms with Gasteiger partial charge >= 0.3 is 0 Å². The number of aryl methyl sites for hydroxylation is 1. The molecule has 2 N–H and O–H groups in total. The van der Waals surface area contributed by atoms with Gasteiger partial charge in [-0.05, 0) is 35.1 Å². The molecule has 0 aromatic heterocycles. The lowest BCUT2D eigenvalue weighted by Crippen LogP contribution is -2.13. The molecule has 3 aromatic rings. The Bertz CT molecular complexity index is 973. The Morgan fingerprint density at radius 2 is 1.41 bits per heavy atom. The maximum absolute atomic E-state index is 11.0. The second-order valence-corrected chi connectivity index (χ2v) is 8.49. The Kier molecular flexibility index (Phi) is 6.19. The topological polar surface area (TPSA) is 52.8 Å². The van der Waals surface area contributed by atoms with Crippen LogP contribution in [0.1, 0.15) is 60.7 Å². The summed E-state index contributed by atoms with van der Waals surface area (Å²) in [6.07, 6.45) is 0.894. The number of aliphatic hydroxyl groups excluding tert-OH is 1. The largest absolute Gasteiger partial charge is 0.507 e. The third kappa shape index (κ3) is 4.93. The van der Waals surface area contributed by atoms with E-state index in [1.54, 1.807) is 6.21 Å². The van der Waals surface area contributed by atoms with Crippen molar-refractivity contribution in [1.29, 1.82) is 0 Å². The molecular formula is C26H29NO2. The van der Waals surface area contributed by atoms with Crippen LogP contribution in [0.4, 0.5) is 0 Å². The van der Waals surface area contributed by atoms with Crippen LogP contribution in [0.2, 0.25) is 0 Å². The van der Waals surface area contributed by atoms with Gasteiger partial charge in [0.1, 0.15) is 17.9 Å². The zero-order valence-corrected chi connectivity index (χ0v) is 17.5. The number of phenolic OH excluding ortho intramolecular Hbond substituents is 1. The van der Waals surface area contributed by atoms with Crippen molar-refractivity contribution in [2.45, 2.75) is 45.3 Å². The van der Waals surface area contributed by atoms with Crippen LogP contribution in [0.25, 0.3) is 0 Å². The summed E-state index contributed by atoms with van der Waals surface area (Å²) < 4.78 is 0. The average Bonchev–Trinajstić information content (AvgIpc) is 2.70. The summed E-state index contributed by atoms with van der Waals surface area (Å²) in [7, 11) is 0. The molecule has 0 unspecified atom stereocenters. The lowest BCUT2D eigenvalue weighted by molar-refractivity contribution is 0.148. The molecule has 0 aliphatic heterocycles. The average molecular weight is 388 g/mol. The summed E-state index contributed by atoms with van der Waals surface area (Å²) in [5.74, 6) is 0.243. The van der Waals surface area contributed by atoms with Crippen LogP contribution in [0.15, 0.2) is 77.8 Å². The highest BCUT2D eigenvalue weighted by molar-refractivity contribution is 5.85. The van der Waals surface area contributed by atoms with Gasteiger partial charge in [-0.15, -0.1) is 0 Å². The highest BCUT2D eigenvalue weighted by Crippen LogP contribution is 2.35. The van der Waals surface area contributed by atoms with Gasteiger partial charge in [0.25, 0.3) is 0 Å². The molecule has 0 aliphatic rings. The number of aliphatic imine (C=N–C) groups is 1. The fraction of sp³-hybridized carbons (Fsp3) is 0.269. The monoisotopic (exact) mass is 387 g/mol. The number of phenols is 1. The van der Waals surface area contributed by atoms with Gasteiger partial charge in [-0.25, -0.2) is 0 Å². The van der Waals surface area contributed by atoms with Crippen molar-refractivity contribution in [1.82, 2.24) is 0 Å². The van der Waals surface area contributed by atoms with Gasteiger partial charge in [-0.1, -0.05) is 87.5 Å². The van der Waals surface area contributed by atoms with E-state index >= 15 is 0 Å². The van der Waals surface area contributed by atoms with Crippen molar-refractivity contribution in [3.63, 3.8) is 0 Å². The van der Waals surface area contributed by atoms with Crippen molar-refractivity contribution in [2.24, 2.45) is 4.99 Å². The van der Waals surface area contributed by atoms with E-state index in [2.05, 4.69) is 20.8 Å². The number of rotatable bonds is 5. The van der Waals surface area contributed by atoms with Crippen LogP contribution >= 0.6 is 0 Å². The van der Waals surface area contributed by atoms with E-state index in [0.717, 1.165) is 22.3 Å². The Hall–Kier alpha value is -2.91. The predicted octanol–water partition coefficient (Wildman–Crippen LogP) is 5.89. The maximum atomic E-state index is 11.0. The summed E-state index contributed by atoms with van der Waals surface area (Å²) >= 11 is 0. The standard InChI is InChI=1S/C26H29NO2/c1-18-15-21(24(28)22(16-18)26(2,3)4)17-27-23(19-11-7-5-8-12-19)25(29)20-13-9-6-10-14-20/h5-17,23,25,28-29H,1-4H3/t23-,25+/m0/s1. The highest BCUT2D eigenvalue weighted by Gasteiger charge is 2.23.